The van der Waals surface area contributed by atoms with Gasteiger partial charge in [-0.05, 0) is 13.0 Å². The third-order valence-corrected chi connectivity index (χ3v) is 4.13. The highest BCUT2D eigenvalue weighted by molar-refractivity contribution is 14.0. The van der Waals surface area contributed by atoms with Gasteiger partial charge in [0.15, 0.2) is 5.96 Å². The molecule has 1 fully saturated rings. The number of aryl methyl sites for hydroxylation is 1. The molecule has 0 unspecified atom stereocenters. The van der Waals surface area contributed by atoms with Crippen molar-refractivity contribution >= 4 is 29.9 Å². The molecule has 0 amide bonds. The van der Waals surface area contributed by atoms with E-state index < -0.39 is 0 Å². The molecule has 0 aliphatic carbocycles. The maximum absolute atomic E-state index is 12.2. The first-order valence-corrected chi connectivity index (χ1v) is 8.02. The number of nitrogens with zero attached hydrogens (tertiary/aromatic N) is 3. The average molecular weight is 449 g/mol. The third kappa shape index (κ3) is 6.06. The Kier molecular flexibility index (Phi) is 9.30. The number of halogens is 1. The zero-order valence-corrected chi connectivity index (χ0v) is 17.0. The Balaban J connectivity index is 0.00000288. The van der Waals surface area contributed by atoms with Gasteiger partial charge in [0.2, 0.25) is 0 Å². The van der Waals surface area contributed by atoms with Crippen molar-refractivity contribution in [2.45, 2.75) is 13.5 Å². The number of nitrogens with one attached hydrogen (secondary N) is 2. The fourth-order valence-corrected chi connectivity index (χ4v) is 2.47. The number of aromatic nitrogens is 1. The van der Waals surface area contributed by atoms with Crippen LogP contribution >= 0.6 is 24.0 Å². The zero-order valence-electron chi connectivity index (χ0n) is 14.7. The molecule has 0 saturated carbocycles. The topological polar surface area (TPSA) is 70.9 Å². The van der Waals surface area contributed by atoms with Crippen molar-refractivity contribution in [1.29, 1.82) is 0 Å². The molecular formula is C16H28IN5O2. The van der Waals surface area contributed by atoms with Crippen LogP contribution < -0.4 is 16.2 Å². The molecule has 0 aromatic carbocycles. The minimum absolute atomic E-state index is 0. The van der Waals surface area contributed by atoms with Gasteiger partial charge in [-0.25, -0.2) is 0 Å². The van der Waals surface area contributed by atoms with E-state index in [-0.39, 0.29) is 29.5 Å². The highest BCUT2D eigenvalue weighted by Gasteiger charge is 2.10. The fourth-order valence-electron chi connectivity index (χ4n) is 2.47. The van der Waals surface area contributed by atoms with Crippen molar-refractivity contribution in [3.8, 4) is 0 Å². The Labute approximate surface area is 160 Å². The predicted octanol–water partition coefficient (Wildman–Crippen LogP) is 0.309. The predicted molar refractivity (Wildman–Crippen MR) is 107 cm³/mol. The lowest BCUT2D eigenvalue weighted by Crippen LogP contribution is -2.44. The van der Waals surface area contributed by atoms with Gasteiger partial charge in [0.1, 0.15) is 0 Å². The molecule has 136 valence electrons. The summed E-state index contributed by atoms with van der Waals surface area (Å²) in [6.45, 7) is 7.73. The minimum atomic E-state index is 0. The molecule has 2 N–H and O–H groups in total. The number of ether oxygens (including phenoxy) is 1. The molecule has 0 atom stereocenters. The first kappa shape index (κ1) is 20.9. The van der Waals surface area contributed by atoms with Crippen LogP contribution in [0.15, 0.2) is 21.9 Å². The van der Waals surface area contributed by atoms with Gasteiger partial charge in [-0.1, -0.05) is 6.07 Å². The second kappa shape index (κ2) is 10.7. The maximum atomic E-state index is 12.2. The monoisotopic (exact) mass is 449 g/mol. The van der Waals surface area contributed by atoms with Crippen LogP contribution in [-0.2, 0) is 18.3 Å². The fraction of sp³-hybridized carbons (Fsp3) is 0.625. The molecule has 0 bridgehead atoms. The first-order valence-electron chi connectivity index (χ1n) is 8.02. The highest BCUT2D eigenvalue weighted by Crippen LogP contribution is 1.97. The van der Waals surface area contributed by atoms with Gasteiger partial charge < -0.3 is 19.9 Å². The summed E-state index contributed by atoms with van der Waals surface area (Å²) in [5.41, 5.74) is 1.71. The van der Waals surface area contributed by atoms with Gasteiger partial charge in [0.25, 0.3) is 5.56 Å². The molecule has 2 rings (SSSR count). The summed E-state index contributed by atoms with van der Waals surface area (Å²) in [5, 5.41) is 6.47. The van der Waals surface area contributed by atoms with Gasteiger partial charge in [-0.3, -0.25) is 14.7 Å². The van der Waals surface area contributed by atoms with Crippen molar-refractivity contribution < 1.29 is 4.74 Å². The smallest absolute Gasteiger partial charge is 0.255 e. The Morgan fingerprint density at radius 2 is 2.00 bits per heavy atom. The van der Waals surface area contributed by atoms with Crippen LogP contribution in [0.3, 0.4) is 0 Å². The van der Waals surface area contributed by atoms with E-state index in [9.17, 15) is 4.79 Å². The van der Waals surface area contributed by atoms with E-state index >= 15 is 0 Å². The Morgan fingerprint density at radius 1 is 1.29 bits per heavy atom. The minimum Gasteiger partial charge on any atom is -0.379 e. The Bertz CT molecular complexity index is 597. The summed E-state index contributed by atoms with van der Waals surface area (Å²) < 4.78 is 6.99. The van der Waals surface area contributed by atoms with E-state index in [1.54, 1.807) is 18.7 Å². The Morgan fingerprint density at radius 3 is 2.67 bits per heavy atom. The normalized spacial score (nSPS) is 15.7. The molecule has 8 heteroatoms. The molecule has 1 aliphatic heterocycles. The number of morpholine rings is 1. The van der Waals surface area contributed by atoms with E-state index in [4.69, 9.17) is 4.74 Å². The molecule has 1 aliphatic rings. The molecule has 1 aromatic heterocycles. The quantitative estimate of drug-likeness (QED) is 0.385. The molecule has 24 heavy (non-hydrogen) atoms. The van der Waals surface area contributed by atoms with Crippen LogP contribution in [0.4, 0.5) is 0 Å². The number of guanidine groups is 1. The largest absolute Gasteiger partial charge is 0.379 e. The van der Waals surface area contributed by atoms with Crippen molar-refractivity contribution in [3.63, 3.8) is 0 Å². The van der Waals surface area contributed by atoms with Gasteiger partial charge in [-0.15, -0.1) is 24.0 Å². The van der Waals surface area contributed by atoms with Gasteiger partial charge in [0.05, 0.1) is 13.2 Å². The van der Waals surface area contributed by atoms with Crippen LogP contribution in [0.2, 0.25) is 0 Å². The van der Waals surface area contributed by atoms with Gasteiger partial charge >= 0.3 is 0 Å². The van der Waals surface area contributed by atoms with E-state index in [0.29, 0.717) is 12.5 Å². The van der Waals surface area contributed by atoms with E-state index in [0.717, 1.165) is 50.7 Å². The third-order valence-electron chi connectivity index (χ3n) is 4.13. The molecular weight excluding hydrogens is 421 g/mol. The van der Waals surface area contributed by atoms with E-state index in [2.05, 4.69) is 20.5 Å². The molecule has 0 radical (unpaired) electrons. The number of pyridine rings is 1. The summed E-state index contributed by atoms with van der Waals surface area (Å²) in [5.74, 6) is 0.709. The van der Waals surface area contributed by atoms with Gasteiger partial charge in [-0.2, -0.15) is 0 Å². The molecule has 7 nitrogen and oxygen atoms in total. The summed E-state index contributed by atoms with van der Waals surface area (Å²) >= 11 is 0. The molecule has 1 saturated heterocycles. The lowest BCUT2D eigenvalue weighted by atomic mass is 10.2. The maximum Gasteiger partial charge on any atom is 0.255 e. The van der Waals surface area contributed by atoms with Crippen LogP contribution in [-0.4, -0.2) is 61.9 Å². The first-order chi connectivity index (χ1) is 11.1. The number of aliphatic imine (C=N–C) groups is 1. The highest BCUT2D eigenvalue weighted by atomic mass is 127. The average Bonchev–Trinajstić information content (AvgIpc) is 2.58. The van der Waals surface area contributed by atoms with Crippen molar-refractivity contribution in [1.82, 2.24) is 20.1 Å². The standard InChI is InChI=1S/C16H27N5O2.HI/c1-13-4-5-14(15(22)20(13)3)12-19-16(17-2)18-6-7-21-8-10-23-11-9-21;/h4-5H,6-12H2,1-3H3,(H2,17,18,19);1H. The van der Waals surface area contributed by atoms with Crippen LogP contribution in [0.5, 0.6) is 0 Å². The summed E-state index contributed by atoms with van der Waals surface area (Å²) in [7, 11) is 3.52. The van der Waals surface area contributed by atoms with Crippen molar-refractivity contribution in [3.05, 3.63) is 33.7 Å². The van der Waals surface area contributed by atoms with E-state index in [1.807, 2.05) is 19.1 Å². The van der Waals surface area contributed by atoms with Gasteiger partial charge in [0, 0.05) is 58.1 Å². The molecule has 2 heterocycles. The lowest BCUT2D eigenvalue weighted by Gasteiger charge is -2.26. The van der Waals surface area contributed by atoms with E-state index in [1.165, 1.54) is 0 Å². The second-order valence-electron chi connectivity index (χ2n) is 5.67. The molecule has 0 spiro atoms. The SMILES string of the molecule is CN=C(NCCN1CCOCC1)NCc1ccc(C)n(C)c1=O.I. The summed E-state index contributed by atoms with van der Waals surface area (Å²) in [6.07, 6.45) is 0. The Hall–Kier alpha value is -1.13. The number of rotatable bonds is 5. The number of hydrogen-bond donors (Lipinski definition) is 2. The molecule has 1 aromatic rings. The van der Waals surface area contributed by atoms with Crippen LogP contribution in [0, 0.1) is 6.92 Å². The summed E-state index contributed by atoms with van der Waals surface area (Å²) in [4.78, 5) is 18.7. The number of hydrogen-bond acceptors (Lipinski definition) is 4. The van der Waals surface area contributed by atoms with Crippen LogP contribution in [0.1, 0.15) is 11.3 Å². The summed E-state index contributed by atoms with van der Waals surface area (Å²) in [6, 6.07) is 3.82. The zero-order chi connectivity index (χ0) is 16.7. The van der Waals surface area contributed by atoms with Crippen molar-refractivity contribution in [2.24, 2.45) is 12.0 Å². The lowest BCUT2D eigenvalue weighted by molar-refractivity contribution is 0.0389. The van der Waals surface area contributed by atoms with Crippen molar-refractivity contribution in [2.75, 3.05) is 46.4 Å². The second-order valence-corrected chi connectivity index (χ2v) is 5.67. The van der Waals surface area contributed by atoms with Crippen LogP contribution in [0.25, 0.3) is 0 Å².